The maximum atomic E-state index is 13.6. The second-order valence-electron chi connectivity index (χ2n) is 11.1. The molecule has 0 aliphatic carbocycles. The molecule has 11 heteroatoms. The van der Waals surface area contributed by atoms with E-state index in [4.69, 9.17) is 10.5 Å². The molecule has 2 aromatic heterocycles. The normalized spacial score (nSPS) is 19.5. The van der Waals surface area contributed by atoms with Gasteiger partial charge in [0.15, 0.2) is 0 Å². The molecule has 3 atom stereocenters. The number of carbonyl (C=O) groups is 3. The predicted molar refractivity (Wildman–Crippen MR) is 154 cm³/mol. The van der Waals surface area contributed by atoms with Gasteiger partial charge in [-0.1, -0.05) is 12.1 Å². The molecule has 2 aliphatic rings. The van der Waals surface area contributed by atoms with E-state index in [2.05, 4.69) is 15.3 Å². The number of likely N-dealkylation sites (tertiary alicyclic amines) is 2. The van der Waals surface area contributed by atoms with Gasteiger partial charge in [-0.2, -0.15) is 0 Å². The molecule has 0 radical (unpaired) electrons. The highest BCUT2D eigenvalue weighted by atomic mass is 16.5. The van der Waals surface area contributed by atoms with E-state index in [1.807, 2.05) is 46.8 Å². The van der Waals surface area contributed by atoms with E-state index in [0.717, 1.165) is 54.7 Å². The number of rotatable bonds is 10. The van der Waals surface area contributed by atoms with E-state index in [1.54, 1.807) is 24.4 Å². The molecule has 218 valence electrons. The molecular weight excluding hydrogens is 522 g/mol. The molecule has 3 amide bonds. The molecule has 2 saturated heterocycles. The monoisotopic (exact) mass is 561 g/mol. The molecule has 1 aromatic carbocycles. The Kier molecular flexibility index (Phi) is 8.82. The van der Waals surface area contributed by atoms with Gasteiger partial charge in [0, 0.05) is 39.3 Å². The van der Waals surface area contributed by atoms with Gasteiger partial charge < -0.3 is 30.2 Å². The second kappa shape index (κ2) is 12.7. The van der Waals surface area contributed by atoms with Gasteiger partial charge in [-0.3, -0.25) is 19.4 Å². The van der Waals surface area contributed by atoms with Gasteiger partial charge in [-0.05, 0) is 61.8 Å². The number of fused-ring (bicyclic) bond motifs is 1. The molecule has 3 unspecified atom stereocenters. The molecule has 0 spiro atoms. The summed E-state index contributed by atoms with van der Waals surface area (Å²) in [6.07, 6.45) is 7.19. The lowest BCUT2D eigenvalue weighted by molar-refractivity contribution is -0.140. The van der Waals surface area contributed by atoms with Crippen molar-refractivity contribution in [3.05, 3.63) is 54.1 Å². The van der Waals surface area contributed by atoms with Crippen LogP contribution in [0.25, 0.3) is 11.0 Å². The van der Waals surface area contributed by atoms with Gasteiger partial charge in [0.1, 0.15) is 17.6 Å². The number of amides is 3. The van der Waals surface area contributed by atoms with Gasteiger partial charge in [-0.15, -0.1) is 0 Å². The number of hydrogen-bond acceptors (Lipinski definition) is 7. The van der Waals surface area contributed by atoms with Crippen LogP contribution in [0, 0.1) is 5.92 Å². The summed E-state index contributed by atoms with van der Waals surface area (Å²) in [6, 6.07) is 8.18. The fourth-order valence-electron chi connectivity index (χ4n) is 5.92. The number of nitrogens with zero attached hydrogens (tertiary/aromatic N) is 5. The van der Waals surface area contributed by atoms with Crippen molar-refractivity contribution in [1.82, 2.24) is 29.7 Å². The highest BCUT2D eigenvalue weighted by molar-refractivity contribution is 5.90. The van der Waals surface area contributed by atoms with Crippen LogP contribution in [0.15, 0.2) is 42.7 Å². The van der Waals surface area contributed by atoms with Crippen molar-refractivity contribution >= 4 is 28.8 Å². The zero-order valence-electron chi connectivity index (χ0n) is 23.8. The third-order valence-corrected chi connectivity index (χ3v) is 8.30. The van der Waals surface area contributed by atoms with Crippen molar-refractivity contribution in [2.45, 2.75) is 57.2 Å². The Morgan fingerprint density at radius 1 is 1.15 bits per heavy atom. The number of carbonyl (C=O) groups excluding carboxylic acids is 3. The van der Waals surface area contributed by atoms with Crippen LogP contribution in [-0.4, -0.2) is 80.9 Å². The lowest BCUT2D eigenvalue weighted by Crippen LogP contribution is -2.51. The molecule has 5 rings (SSSR count). The molecular formula is C30H39N7O4. The van der Waals surface area contributed by atoms with Crippen molar-refractivity contribution in [1.29, 1.82) is 0 Å². The van der Waals surface area contributed by atoms with E-state index in [0.29, 0.717) is 18.8 Å². The molecule has 3 N–H and O–H groups in total. The smallest absolute Gasteiger partial charge is 0.243 e. The Hall–Kier alpha value is -3.99. The standard InChI is InChI=1S/C30H39N7O4/c1-35-26-17-32-12-11-24(26)34-27(35)18-33-29(39)25-16-21(15-20-5-7-22(41-2)8-6-20)19-37(25)30(40)23(31)9-10-28(38)36-13-3-4-14-36/h5-8,11-12,17,21,23,25H,3-4,9-10,13-16,18-19,31H2,1-2H3,(H,33,39). The minimum Gasteiger partial charge on any atom is -0.497 e. The lowest BCUT2D eigenvalue weighted by Gasteiger charge is -2.27. The first-order valence-corrected chi connectivity index (χ1v) is 14.3. The minimum absolute atomic E-state index is 0.0384. The van der Waals surface area contributed by atoms with Crippen LogP contribution in [-0.2, 0) is 34.4 Å². The van der Waals surface area contributed by atoms with Crippen LogP contribution >= 0.6 is 0 Å². The van der Waals surface area contributed by atoms with E-state index in [9.17, 15) is 14.4 Å². The summed E-state index contributed by atoms with van der Waals surface area (Å²) >= 11 is 0. The largest absolute Gasteiger partial charge is 0.497 e. The van der Waals surface area contributed by atoms with Crippen molar-refractivity contribution in [2.24, 2.45) is 18.7 Å². The Balaban J connectivity index is 1.26. The molecule has 0 bridgehead atoms. The highest BCUT2D eigenvalue weighted by Crippen LogP contribution is 2.28. The minimum atomic E-state index is -0.844. The van der Waals surface area contributed by atoms with E-state index in [1.165, 1.54) is 0 Å². The zero-order chi connectivity index (χ0) is 28.9. The average molecular weight is 562 g/mol. The van der Waals surface area contributed by atoms with Gasteiger partial charge >= 0.3 is 0 Å². The predicted octanol–water partition coefficient (Wildman–Crippen LogP) is 1.78. The molecule has 3 aromatic rings. The van der Waals surface area contributed by atoms with Crippen LogP contribution in [0.3, 0.4) is 0 Å². The fourth-order valence-corrected chi connectivity index (χ4v) is 5.92. The number of imidazole rings is 1. The van der Waals surface area contributed by atoms with Crippen LogP contribution in [0.5, 0.6) is 5.75 Å². The van der Waals surface area contributed by atoms with E-state index in [-0.39, 0.29) is 43.0 Å². The number of hydrogen-bond donors (Lipinski definition) is 2. The zero-order valence-corrected chi connectivity index (χ0v) is 23.8. The quantitative estimate of drug-likeness (QED) is 0.385. The maximum Gasteiger partial charge on any atom is 0.243 e. The van der Waals surface area contributed by atoms with Gasteiger partial charge in [0.2, 0.25) is 17.7 Å². The summed E-state index contributed by atoms with van der Waals surface area (Å²) in [5.74, 6) is 1.08. The topological polar surface area (TPSA) is 136 Å². The number of methoxy groups -OCH3 is 1. The van der Waals surface area contributed by atoms with Crippen molar-refractivity contribution in [2.75, 3.05) is 26.7 Å². The lowest BCUT2D eigenvalue weighted by atomic mass is 9.96. The van der Waals surface area contributed by atoms with Crippen molar-refractivity contribution in [3.63, 3.8) is 0 Å². The molecule has 2 aliphatic heterocycles. The Bertz CT molecular complexity index is 1380. The van der Waals surface area contributed by atoms with Crippen LogP contribution in [0.1, 0.15) is 43.5 Å². The first kappa shape index (κ1) is 28.5. The number of aromatic nitrogens is 3. The summed E-state index contributed by atoms with van der Waals surface area (Å²) in [5.41, 5.74) is 9.13. The second-order valence-corrected chi connectivity index (χ2v) is 11.1. The number of pyridine rings is 1. The van der Waals surface area contributed by atoms with E-state index < -0.39 is 12.1 Å². The number of aryl methyl sites for hydroxylation is 1. The van der Waals surface area contributed by atoms with Crippen LogP contribution in [0.2, 0.25) is 0 Å². The highest BCUT2D eigenvalue weighted by Gasteiger charge is 2.41. The summed E-state index contributed by atoms with van der Waals surface area (Å²) in [6.45, 7) is 2.19. The Morgan fingerprint density at radius 3 is 2.61 bits per heavy atom. The van der Waals surface area contributed by atoms with Crippen LogP contribution < -0.4 is 15.8 Å². The third kappa shape index (κ3) is 6.51. The number of ether oxygens (including phenoxy) is 1. The summed E-state index contributed by atoms with van der Waals surface area (Å²) in [7, 11) is 3.52. The Labute approximate surface area is 240 Å². The van der Waals surface area contributed by atoms with E-state index >= 15 is 0 Å². The summed E-state index contributed by atoms with van der Waals surface area (Å²) in [5, 5.41) is 3.00. The van der Waals surface area contributed by atoms with Crippen molar-refractivity contribution in [3.8, 4) is 5.75 Å². The first-order chi connectivity index (χ1) is 19.8. The summed E-state index contributed by atoms with van der Waals surface area (Å²) < 4.78 is 7.17. The molecule has 4 heterocycles. The number of benzene rings is 1. The van der Waals surface area contributed by atoms with Crippen LogP contribution in [0.4, 0.5) is 0 Å². The van der Waals surface area contributed by atoms with Crippen molar-refractivity contribution < 1.29 is 19.1 Å². The molecule has 11 nitrogen and oxygen atoms in total. The maximum absolute atomic E-state index is 13.6. The summed E-state index contributed by atoms with van der Waals surface area (Å²) in [4.78, 5) is 51.9. The van der Waals surface area contributed by atoms with Gasteiger partial charge in [-0.25, -0.2) is 4.98 Å². The third-order valence-electron chi connectivity index (χ3n) is 8.30. The van der Waals surface area contributed by atoms with Gasteiger partial charge in [0.05, 0.1) is 36.9 Å². The molecule has 41 heavy (non-hydrogen) atoms. The molecule has 0 saturated carbocycles. The Morgan fingerprint density at radius 2 is 1.90 bits per heavy atom. The number of nitrogens with one attached hydrogen (secondary N) is 1. The first-order valence-electron chi connectivity index (χ1n) is 14.3. The average Bonchev–Trinajstić information content (AvgIpc) is 3.74. The van der Waals surface area contributed by atoms with Gasteiger partial charge in [0.25, 0.3) is 0 Å². The number of nitrogens with two attached hydrogens (primary N) is 1. The molecule has 2 fully saturated rings. The SMILES string of the molecule is COc1ccc(CC2CC(C(=O)NCc3nc4ccncc4n3C)N(C(=O)C(N)CCC(=O)N3CCCC3)C2)cc1. The fraction of sp³-hybridized carbons (Fsp3) is 0.500.